The minimum Gasteiger partial charge on any atom is -0.462 e. The molecule has 1 aromatic carbocycles. The van der Waals surface area contributed by atoms with E-state index < -0.39 is 0 Å². The molecule has 3 unspecified atom stereocenters. The lowest BCUT2D eigenvalue weighted by atomic mass is 9.84. The first-order chi connectivity index (χ1) is 10.2. The van der Waals surface area contributed by atoms with E-state index in [4.69, 9.17) is 14.2 Å². The van der Waals surface area contributed by atoms with Crippen molar-refractivity contribution in [1.29, 1.82) is 0 Å². The molecule has 1 aromatic rings. The summed E-state index contributed by atoms with van der Waals surface area (Å²) in [5.41, 5.74) is 1.33. The first-order valence-corrected chi connectivity index (χ1v) is 7.38. The Hall–Kier alpha value is -1.59. The van der Waals surface area contributed by atoms with Crippen LogP contribution in [0.25, 0.3) is 0 Å². The van der Waals surface area contributed by atoms with Crippen molar-refractivity contribution >= 4 is 11.7 Å². The molecule has 1 aliphatic carbocycles. The minimum atomic E-state index is -0.310. The van der Waals surface area contributed by atoms with Gasteiger partial charge in [0.15, 0.2) is 0 Å². The van der Waals surface area contributed by atoms with E-state index in [2.05, 4.69) is 5.32 Å². The van der Waals surface area contributed by atoms with E-state index in [1.807, 2.05) is 25.1 Å². The van der Waals surface area contributed by atoms with Crippen LogP contribution in [-0.4, -0.2) is 44.5 Å². The van der Waals surface area contributed by atoms with Crippen molar-refractivity contribution in [2.24, 2.45) is 0 Å². The average molecular weight is 293 g/mol. The molecule has 0 bridgehead atoms. The Morgan fingerprint density at radius 1 is 1.29 bits per heavy atom. The number of para-hydroxylation sites is 1. The number of methoxy groups -OCH3 is 1. The molecule has 0 spiro atoms. The molecule has 1 fully saturated rings. The number of benzene rings is 1. The van der Waals surface area contributed by atoms with Gasteiger partial charge in [-0.05, 0) is 32.4 Å². The molecule has 116 valence electrons. The van der Waals surface area contributed by atoms with E-state index in [0.717, 1.165) is 12.1 Å². The van der Waals surface area contributed by atoms with Crippen LogP contribution in [0.2, 0.25) is 0 Å². The number of hydrogen-bond donors (Lipinski definition) is 1. The first kappa shape index (κ1) is 15.8. The van der Waals surface area contributed by atoms with Crippen molar-refractivity contribution in [2.75, 3.05) is 25.6 Å². The molecule has 1 saturated carbocycles. The number of ether oxygens (including phenoxy) is 3. The normalized spacial score (nSPS) is 24.2. The van der Waals surface area contributed by atoms with Crippen LogP contribution in [0, 0.1) is 0 Å². The molecule has 0 aromatic heterocycles. The number of carbonyl (C=O) groups excluding carboxylic acids is 1. The summed E-state index contributed by atoms with van der Waals surface area (Å²) in [5, 5.41) is 3.37. The summed E-state index contributed by atoms with van der Waals surface area (Å²) in [7, 11) is 1.68. The Labute approximate surface area is 125 Å². The zero-order chi connectivity index (χ0) is 15.2. The molecule has 0 aliphatic heterocycles. The van der Waals surface area contributed by atoms with Gasteiger partial charge in [0.25, 0.3) is 0 Å². The second-order valence-corrected chi connectivity index (χ2v) is 4.95. The van der Waals surface area contributed by atoms with E-state index in [1.54, 1.807) is 20.1 Å². The van der Waals surface area contributed by atoms with Gasteiger partial charge >= 0.3 is 5.97 Å². The van der Waals surface area contributed by atoms with Gasteiger partial charge in [0.1, 0.15) is 6.10 Å². The topological polar surface area (TPSA) is 56.8 Å². The Morgan fingerprint density at radius 3 is 2.71 bits per heavy atom. The van der Waals surface area contributed by atoms with Gasteiger partial charge < -0.3 is 19.5 Å². The van der Waals surface area contributed by atoms with Crippen molar-refractivity contribution < 1.29 is 19.0 Å². The second kappa shape index (κ2) is 7.43. The molecule has 0 saturated heterocycles. The molecule has 3 atom stereocenters. The average Bonchev–Trinajstić information content (AvgIpc) is 2.47. The molecule has 1 aliphatic rings. The quantitative estimate of drug-likeness (QED) is 0.783. The summed E-state index contributed by atoms with van der Waals surface area (Å²) >= 11 is 0. The third-order valence-electron chi connectivity index (χ3n) is 3.67. The third kappa shape index (κ3) is 3.54. The van der Waals surface area contributed by atoms with Gasteiger partial charge in [-0.1, -0.05) is 12.1 Å². The smallest absolute Gasteiger partial charge is 0.340 e. The van der Waals surface area contributed by atoms with Crippen LogP contribution in [0.5, 0.6) is 0 Å². The van der Waals surface area contributed by atoms with E-state index in [-0.39, 0.29) is 24.2 Å². The molecule has 0 heterocycles. The molecule has 1 N–H and O–H groups in total. The fraction of sp³-hybridized carbons (Fsp3) is 0.562. The van der Waals surface area contributed by atoms with E-state index in [0.29, 0.717) is 18.8 Å². The third-order valence-corrected chi connectivity index (χ3v) is 3.67. The van der Waals surface area contributed by atoms with Crippen LogP contribution in [0.15, 0.2) is 24.3 Å². The number of carbonyl (C=O) groups is 1. The minimum absolute atomic E-state index is 0.000187. The molecular formula is C16H23NO4. The van der Waals surface area contributed by atoms with Crippen LogP contribution in [0.4, 0.5) is 5.69 Å². The number of nitrogens with one attached hydrogen (secondary N) is 1. The highest BCUT2D eigenvalue weighted by atomic mass is 16.5. The maximum Gasteiger partial charge on any atom is 0.340 e. The molecule has 0 amide bonds. The molecule has 0 radical (unpaired) electrons. The second-order valence-electron chi connectivity index (χ2n) is 4.95. The Balaban J connectivity index is 2.05. The summed E-state index contributed by atoms with van der Waals surface area (Å²) in [4.78, 5) is 12.0. The van der Waals surface area contributed by atoms with Gasteiger partial charge in [0.2, 0.25) is 0 Å². The zero-order valence-electron chi connectivity index (χ0n) is 12.8. The molecule has 5 heteroatoms. The summed E-state index contributed by atoms with van der Waals surface area (Å²) < 4.78 is 16.2. The SMILES string of the molecule is CCOC(=O)c1ccccc1NC1CC(OCC)C1OC. The lowest BCUT2D eigenvalue weighted by molar-refractivity contribution is -0.118. The van der Waals surface area contributed by atoms with Gasteiger partial charge in [0, 0.05) is 19.4 Å². The van der Waals surface area contributed by atoms with Crippen LogP contribution < -0.4 is 5.32 Å². The number of hydrogen-bond acceptors (Lipinski definition) is 5. The molecular weight excluding hydrogens is 270 g/mol. The first-order valence-electron chi connectivity index (χ1n) is 7.38. The Kier molecular flexibility index (Phi) is 5.59. The van der Waals surface area contributed by atoms with E-state index in [9.17, 15) is 4.79 Å². The standard InChI is InChI=1S/C16H23NO4/c1-4-20-14-10-13(15(14)19-3)17-12-9-7-6-8-11(12)16(18)21-5-2/h6-9,13-15,17H,4-5,10H2,1-3H3. The fourth-order valence-electron chi connectivity index (χ4n) is 2.61. The highest BCUT2D eigenvalue weighted by Crippen LogP contribution is 2.31. The van der Waals surface area contributed by atoms with Crippen LogP contribution in [0.3, 0.4) is 0 Å². The van der Waals surface area contributed by atoms with Crippen LogP contribution in [-0.2, 0) is 14.2 Å². The predicted octanol–water partition coefficient (Wildman–Crippen LogP) is 2.47. The predicted molar refractivity (Wildman–Crippen MR) is 80.6 cm³/mol. The Bertz CT molecular complexity index is 477. The maximum atomic E-state index is 12.0. The number of esters is 1. The molecule has 2 rings (SSSR count). The van der Waals surface area contributed by atoms with Gasteiger partial charge in [0.05, 0.1) is 24.3 Å². The van der Waals surface area contributed by atoms with Crippen molar-refractivity contribution in [3.8, 4) is 0 Å². The van der Waals surface area contributed by atoms with Crippen molar-refractivity contribution in [3.05, 3.63) is 29.8 Å². The lowest BCUT2D eigenvalue weighted by Crippen LogP contribution is -2.57. The maximum absolute atomic E-state index is 12.0. The van der Waals surface area contributed by atoms with Crippen LogP contribution in [0.1, 0.15) is 30.6 Å². The van der Waals surface area contributed by atoms with Gasteiger partial charge in [-0.3, -0.25) is 0 Å². The van der Waals surface area contributed by atoms with Gasteiger partial charge in [-0.25, -0.2) is 4.79 Å². The largest absolute Gasteiger partial charge is 0.462 e. The summed E-state index contributed by atoms with van der Waals surface area (Å²) in [6.07, 6.45) is 0.983. The molecule has 21 heavy (non-hydrogen) atoms. The summed E-state index contributed by atoms with van der Waals surface area (Å²) in [6.45, 7) is 4.82. The summed E-state index contributed by atoms with van der Waals surface area (Å²) in [6, 6.07) is 7.51. The fourth-order valence-corrected chi connectivity index (χ4v) is 2.61. The van der Waals surface area contributed by atoms with E-state index in [1.165, 1.54) is 0 Å². The van der Waals surface area contributed by atoms with Crippen molar-refractivity contribution in [1.82, 2.24) is 0 Å². The Morgan fingerprint density at radius 2 is 2.05 bits per heavy atom. The lowest BCUT2D eigenvalue weighted by Gasteiger charge is -2.43. The highest BCUT2D eigenvalue weighted by molar-refractivity contribution is 5.95. The number of anilines is 1. The summed E-state index contributed by atoms with van der Waals surface area (Å²) in [5.74, 6) is -0.310. The van der Waals surface area contributed by atoms with Gasteiger partial charge in [-0.2, -0.15) is 0 Å². The van der Waals surface area contributed by atoms with Crippen molar-refractivity contribution in [2.45, 2.75) is 38.5 Å². The van der Waals surface area contributed by atoms with E-state index >= 15 is 0 Å². The monoisotopic (exact) mass is 293 g/mol. The van der Waals surface area contributed by atoms with Crippen molar-refractivity contribution in [3.63, 3.8) is 0 Å². The highest BCUT2D eigenvalue weighted by Gasteiger charge is 2.42. The van der Waals surface area contributed by atoms with Crippen LogP contribution >= 0.6 is 0 Å². The van der Waals surface area contributed by atoms with Gasteiger partial charge in [-0.15, -0.1) is 0 Å². The number of rotatable bonds is 7. The molecule has 5 nitrogen and oxygen atoms in total. The zero-order valence-corrected chi connectivity index (χ0v) is 12.8.